The molecule has 1 amide bonds. The maximum atomic E-state index is 12.2. The molecule has 0 fully saturated rings. The van der Waals surface area contributed by atoms with Crippen molar-refractivity contribution in [1.82, 2.24) is 5.32 Å². The Balaban J connectivity index is 2.16. The number of hydrogen-bond donors (Lipinski definition) is 2. The first kappa shape index (κ1) is 17.4. The summed E-state index contributed by atoms with van der Waals surface area (Å²) in [6, 6.07) is 9.29. The Bertz CT molecular complexity index is 653. The van der Waals surface area contributed by atoms with Crippen molar-refractivity contribution in [2.24, 2.45) is 0 Å². The Morgan fingerprint density at radius 2 is 1.91 bits per heavy atom. The van der Waals surface area contributed by atoms with Crippen LogP contribution in [0.2, 0.25) is 0 Å². The highest BCUT2D eigenvalue weighted by molar-refractivity contribution is 7.12. The van der Waals surface area contributed by atoms with Gasteiger partial charge in [0.05, 0.1) is 4.88 Å². The van der Waals surface area contributed by atoms with Crippen LogP contribution in [0.25, 0.3) is 0 Å². The van der Waals surface area contributed by atoms with Crippen LogP contribution in [-0.2, 0) is 0 Å². The third-order valence-corrected chi connectivity index (χ3v) is 4.69. The number of carbonyl (C=O) groups excluding carboxylic acids is 1. The maximum Gasteiger partial charge on any atom is 0.263 e. The average Bonchev–Trinajstić information content (AvgIpc) is 2.95. The summed E-state index contributed by atoms with van der Waals surface area (Å²) < 4.78 is -1.69. The molecule has 0 aliphatic rings. The maximum absolute atomic E-state index is 12.2. The number of benzene rings is 1. The number of thiophene rings is 1. The Morgan fingerprint density at radius 3 is 2.45 bits per heavy atom. The first-order valence-corrected chi connectivity index (χ1v) is 8.53. The van der Waals surface area contributed by atoms with Gasteiger partial charge < -0.3 is 10.6 Å². The first-order valence-electron chi connectivity index (χ1n) is 6.52. The molecule has 1 aromatic carbocycles. The van der Waals surface area contributed by atoms with Crippen LogP contribution in [0.3, 0.4) is 0 Å². The van der Waals surface area contributed by atoms with Gasteiger partial charge in [0.1, 0.15) is 6.17 Å². The largest absolute Gasteiger partial charge is 0.362 e. The summed E-state index contributed by atoms with van der Waals surface area (Å²) >= 11 is 19.3. The van der Waals surface area contributed by atoms with E-state index in [9.17, 15) is 4.79 Å². The van der Waals surface area contributed by atoms with Gasteiger partial charge in [-0.05, 0) is 48.6 Å². The third-order valence-electron chi connectivity index (χ3n) is 3.17. The van der Waals surface area contributed by atoms with Gasteiger partial charge in [0.25, 0.3) is 5.91 Å². The van der Waals surface area contributed by atoms with E-state index in [1.165, 1.54) is 16.9 Å². The summed E-state index contributed by atoms with van der Waals surface area (Å²) in [7, 11) is 0. The number of hydrogen-bond acceptors (Lipinski definition) is 3. The zero-order valence-corrected chi connectivity index (χ0v) is 15.1. The van der Waals surface area contributed by atoms with E-state index < -0.39 is 9.96 Å². The van der Waals surface area contributed by atoms with Gasteiger partial charge in [0.15, 0.2) is 0 Å². The molecule has 1 aromatic heterocycles. The molecule has 0 radical (unpaired) electrons. The van der Waals surface area contributed by atoms with E-state index in [-0.39, 0.29) is 5.91 Å². The monoisotopic (exact) mass is 376 g/mol. The van der Waals surface area contributed by atoms with Crippen LogP contribution in [0.15, 0.2) is 35.7 Å². The van der Waals surface area contributed by atoms with Gasteiger partial charge >= 0.3 is 0 Å². The molecule has 2 rings (SSSR count). The number of anilines is 1. The number of nitrogens with one attached hydrogen (secondary N) is 2. The van der Waals surface area contributed by atoms with Gasteiger partial charge in [0, 0.05) is 5.69 Å². The van der Waals surface area contributed by atoms with Gasteiger partial charge in [-0.1, -0.05) is 46.9 Å². The van der Waals surface area contributed by atoms with Crippen LogP contribution >= 0.6 is 46.1 Å². The molecule has 2 aromatic rings. The highest BCUT2D eigenvalue weighted by atomic mass is 35.6. The third kappa shape index (κ3) is 4.53. The van der Waals surface area contributed by atoms with Crippen molar-refractivity contribution in [3.63, 3.8) is 0 Å². The Kier molecular flexibility index (Phi) is 5.61. The van der Waals surface area contributed by atoms with Crippen LogP contribution in [-0.4, -0.2) is 15.9 Å². The zero-order chi connectivity index (χ0) is 16.3. The van der Waals surface area contributed by atoms with Gasteiger partial charge in [0.2, 0.25) is 3.79 Å². The van der Waals surface area contributed by atoms with E-state index in [1.807, 2.05) is 37.4 Å². The molecule has 0 aliphatic heterocycles. The van der Waals surface area contributed by atoms with E-state index in [0.717, 1.165) is 11.3 Å². The zero-order valence-electron chi connectivity index (χ0n) is 12.0. The van der Waals surface area contributed by atoms with Crippen molar-refractivity contribution in [2.75, 3.05) is 5.32 Å². The molecule has 118 valence electrons. The van der Waals surface area contributed by atoms with Gasteiger partial charge in [-0.2, -0.15) is 0 Å². The molecule has 1 unspecified atom stereocenters. The molecule has 0 saturated heterocycles. The number of halogens is 3. The minimum Gasteiger partial charge on any atom is -0.362 e. The average molecular weight is 378 g/mol. The molecule has 1 atom stereocenters. The molecule has 3 nitrogen and oxygen atoms in total. The van der Waals surface area contributed by atoms with Crippen molar-refractivity contribution in [1.29, 1.82) is 0 Å². The number of alkyl halides is 3. The molecule has 0 saturated carbocycles. The predicted molar refractivity (Wildman–Crippen MR) is 95.4 cm³/mol. The normalized spacial score (nSPS) is 12.8. The number of amides is 1. The lowest BCUT2D eigenvalue weighted by Crippen LogP contribution is -2.49. The van der Waals surface area contributed by atoms with E-state index in [0.29, 0.717) is 4.88 Å². The number of aryl methyl sites for hydroxylation is 2. The van der Waals surface area contributed by atoms with Crippen molar-refractivity contribution in [3.05, 3.63) is 51.7 Å². The molecular formula is C15H15Cl3N2OS. The minimum absolute atomic E-state index is 0.289. The quantitative estimate of drug-likeness (QED) is 0.587. The Morgan fingerprint density at radius 1 is 1.18 bits per heavy atom. The smallest absolute Gasteiger partial charge is 0.263 e. The summed E-state index contributed by atoms with van der Waals surface area (Å²) in [4.78, 5) is 12.7. The van der Waals surface area contributed by atoms with E-state index in [4.69, 9.17) is 34.8 Å². The second-order valence-electron chi connectivity index (χ2n) is 4.87. The molecule has 7 heteroatoms. The minimum atomic E-state index is -1.69. The summed E-state index contributed by atoms with van der Waals surface area (Å²) in [5.41, 5.74) is 3.04. The van der Waals surface area contributed by atoms with Crippen LogP contribution in [0.4, 0.5) is 5.69 Å². The second kappa shape index (κ2) is 7.09. The lowest BCUT2D eigenvalue weighted by Gasteiger charge is -2.27. The molecule has 1 heterocycles. The van der Waals surface area contributed by atoms with Gasteiger partial charge in [-0.3, -0.25) is 4.79 Å². The predicted octanol–water partition coefficient (Wildman–Crippen LogP) is 4.90. The molecular weight excluding hydrogens is 363 g/mol. The van der Waals surface area contributed by atoms with Crippen LogP contribution in [0.5, 0.6) is 0 Å². The van der Waals surface area contributed by atoms with Gasteiger partial charge in [-0.25, -0.2) is 0 Å². The summed E-state index contributed by atoms with van der Waals surface area (Å²) in [6.45, 7) is 4.01. The van der Waals surface area contributed by atoms with E-state index >= 15 is 0 Å². The lowest BCUT2D eigenvalue weighted by molar-refractivity contribution is 0.0946. The van der Waals surface area contributed by atoms with Gasteiger partial charge in [-0.15, -0.1) is 11.3 Å². The highest BCUT2D eigenvalue weighted by Crippen LogP contribution is 2.31. The highest BCUT2D eigenvalue weighted by Gasteiger charge is 2.34. The van der Waals surface area contributed by atoms with Crippen molar-refractivity contribution in [3.8, 4) is 0 Å². The molecule has 0 bridgehead atoms. The Hall–Kier alpha value is -0.940. The van der Waals surface area contributed by atoms with Crippen LogP contribution in [0.1, 0.15) is 20.8 Å². The fraction of sp³-hybridized carbons (Fsp3) is 0.267. The topological polar surface area (TPSA) is 41.1 Å². The van der Waals surface area contributed by atoms with Crippen LogP contribution < -0.4 is 10.6 Å². The summed E-state index contributed by atoms with van der Waals surface area (Å²) in [5.74, 6) is -0.289. The number of rotatable bonds is 4. The fourth-order valence-electron chi connectivity index (χ4n) is 1.81. The molecule has 2 N–H and O–H groups in total. The van der Waals surface area contributed by atoms with Crippen molar-refractivity contribution >= 4 is 57.7 Å². The Labute approximate surface area is 148 Å². The molecule has 0 spiro atoms. The standard InChI is InChI=1S/C15H15Cl3N2OS/c1-9-5-6-11(8-10(9)2)19-14(15(16,17)18)20-13(21)12-4-3-7-22-12/h3-8,14,19H,1-2H3,(H,20,21). The van der Waals surface area contributed by atoms with Crippen LogP contribution in [0, 0.1) is 13.8 Å². The van der Waals surface area contributed by atoms with E-state index in [2.05, 4.69) is 10.6 Å². The molecule has 22 heavy (non-hydrogen) atoms. The SMILES string of the molecule is Cc1ccc(NC(NC(=O)c2cccs2)C(Cl)(Cl)Cl)cc1C. The second-order valence-corrected chi connectivity index (χ2v) is 8.19. The fourth-order valence-corrected chi connectivity index (χ4v) is 2.76. The van der Waals surface area contributed by atoms with Crippen molar-refractivity contribution < 1.29 is 4.79 Å². The summed E-state index contributed by atoms with van der Waals surface area (Å²) in [5, 5.41) is 7.58. The number of carbonyl (C=O) groups is 1. The summed E-state index contributed by atoms with van der Waals surface area (Å²) in [6.07, 6.45) is -0.853. The lowest BCUT2D eigenvalue weighted by atomic mass is 10.1. The van der Waals surface area contributed by atoms with E-state index in [1.54, 1.807) is 12.1 Å². The first-order chi connectivity index (χ1) is 10.3. The molecule has 0 aliphatic carbocycles. The van der Waals surface area contributed by atoms with Crippen molar-refractivity contribution in [2.45, 2.75) is 23.8 Å².